The zero-order valence-electron chi connectivity index (χ0n) is 13.9. The number of carbonyl (C=O) groups excluding carboxylic acids is 1. The SMILES string of the molecule is CS(=O)(=O)c1ccc(NC(=O)NCCCCn2ccccc2=O)cc1. The molecule has 0 unspecified atom stereocenters. The molecule has 0 radical (unpaired) electrons. The van der Waals surface area contributed by atoms with E-state index in [9.17, 15) is 18.0 Å². The van der Waals surface area contributed by atoms with E-state index in [1.165, 1.54) is 30.3 Å². The first-order chi connectivity index (χ1) is 11.9. The van der Waals surface area contributed by atoms with Gasteiger partial charge in [-0.1, -0.05) is 6.07 Å². The number of urea groups is 1. The maximum absolute atomic E-state index is 11.8. The van der Waals surface area contributed by atoms with Crippen molar-refractivity contribution in [2.75, 3.05) is 18.1 Å². The molecule has 1 aromatic heterocycles. The lowest BCUT2D eigenvalue weighted by Crippen LogP contribution is -2.29. The normalized spacial score (nSPS) is 11.1. The Hall–Kier alpha value is -2.61. The van der Waals surface area contributed by atoms with Gasteiger partial charge in [0.25, 0.3) is 0 Å². The minimum absolute atomic E-state index is 0.0363. The summed E-state index contributed by atoms with van der Waals surface area (Å²) in [5.41, 5.74) is 0.478. The number of hydrogen-bond acceptors (Lipinski definition) is 4. The lowest BCUT2D eigenvalue weighted by molar-refractivity contribution is 0.252. The first-order valence-electron chi connectivity index (χ1n) is 7.87. The summed E-state index contributed by atoms with van der Waals surface area (Å²) < 4.78 is 24.4. The summed E-state index contributed by atoms with van der Waals surface area (Å²) in [6.45, 7) is 1.09. The Labute approximate surface area is 146 Å². The molecule has 8 heteroatoms. The van der Waals surface area contributed by atoms with E-state index in [1.807, 2.05) is 6.07 Å². The molecule has 2 aromatic rings. The monoisotopic (exact) mass is 363 g/mol. The van der Waals surface area contributed by atoms with E-state index in [4.69, 9.17) is 0 Å². The molecule has 25 heavy (non-hydrogen) atoms. The van der Waals surface area contributed by atoms with Crippen LogP contribution in [-0.2, 0) is 16.4 Å². The molecule has 0 saturated heterocycles. The Morgan fingerprint density at radius 1 is 1.08 bits per heavy atom. The molecule has 2 amide bonds. The molecule has 0 saturated carbocycles. The number of unbranched alkanes of at least 4 members (excludes halogenated alkanes) is 1. The second-order valence-electron chi connectivity index (χ2n) is 5.62. The van der Waals surface area contributed by atoms with Crippen molar-refractivity contribution >= 4 is 21.6 Å². The van der Waals surface area contributed by atoms with Crippen LogP contribution in [0.3, 0.4) is 0 Å². The van der Waals surface area contributed by atoms with Gasteiger partial charge in [-0.05, 0) is 43.2 Å². The second kappa shape index (κ2) is 8.48. The number of pyridine rings is 1. The van der Waals surface area contributed by atoms with Gasteiger partial charge < -0.3 is 15.2 Å². The summed E-state index contributed by atoms with van der Waals surface area (Å²) in [4.78, 5) is 23.5. The quantitative estimate of drug-likeness (QED) is 0.734. The van der Waals surface area contributed by atoms with Crippen molar-refractivity contribution in [3.05, 3.63) is 59.0 Å². The highest BCUT2D eigenvalue weighted by molar-refractivity contribution is 7.90. The van der Waals surface area contributed by atoms with Gasteiger partial charge in [0.05, 0.1) is 4.90 Å². The number of aryl methyl sites for hydroxylation is 1. The average molecular weight is 363 g/mol. The van der Waals surface area contributed by atoms with Gasteiger partial charge in [-0.3, -0.25) is 4.79 Å². The number of aromatic nitrogens is 1. The number of hydrogen-bond donors (Lipinski definition) is 2. The van der Waals surface area contributed by atoms with E-state index in [0.29, 0.717) is 18.8 Å². The molecule has 0 aliphatic heterocycles. The number of sulfone groups is 1. The molecule has 0 aliphatic carbocycles. The van der Waals surface area contributed by atoms with Gasteiger partial charge in [0.1, 0.15) is 0 Å². The number of carbonyl (C=O) groups is 1. The Morgan fingerprint density at radius 2 is 1.80 bits per heavy atom. The van der Waals surface area contributed by atoms with Crippen molar-refractivity contribution in [2.45, 2.75) is 24.3 Å². The first kappa shape index (κ1) is 18.7. The van der Waals surface area contributed by atoms with Gasteiger partial charge >= 0.3 is 6.03 Å². The fourth-order valence-corrected chi connectivity index (χ4v) is 2.85. The largest absolute Gasteiger partial charge is 0.338 e. The van der Waals surface area contributed by atoms with Gasteiger partial charge in [-0.2, -0.15) is 0 Å². The third-order valence-electron chi connectivity index (χ3n) is 3.55. The third kappa shape index (κ3) is 6.07. The number of nitrogens with one attached hydrogen (secondary N) is 2. The van der Waals surface area contributed by atoms with E-state index in [2.05, 4.69) is 10.6 Å². The highest BCUT2D eigenvalue weighted by atomic mass is 32.2. The molecule has 1 aromatic carbocycles. The molecule has 2 N–H and O–H groups in total. The molecule has 0 spiro atoms. The molecule has 0 fully saturated rings. The van der Waals surface area contributed by atoms with Crippen LogP contribution in [-0.4, -0.2) is 31.8 Å². The fraction of sp³-hybridized carbons (Fsp3) is 0.294. The van der Waals surface area contributed by atoms with Gasteiger partial charge in [0, 0.05) is 37.3 Å². The van der Waals surface area contributed by atoms with Crippen LogP contribution < -0.4 is 16.2 Å². The molecule has 2 rings (SSSR count). The third-order valence-corrected chi connectivity index (χ3v) is 4.68. The van der Waals surface area contributed by atoms with Crippen LogP contribution in [0.15, 0.2) is 58.4 Å². The zero-order valence-corrected chi connectivity index (χ0v) is 14.8. The van der Waals surface area contributed by atoms with Gasteiger partial charge in [-0.15, -0.1) is 0 Å². The van der Waals surface area contributed by atoms with E-state index in [0.717, 1.165) is 19.1 Å². The summed E-state index contributed by atoms with van der Waals surface area (Å²) in [6, 6.07) is 10.6. The minimum atomic E-state index is -3.25. The summed E-state index contributed by atoms with van der Waals surface area (Å²) in [5.74, 6) is 0. The highest BCUT2D eigenvalue weighted by Crippen LogP contribution is 2.13. The van der Waals surface area contributed by atoms with Crippen molar-refractivity contribution in [2.24, 2.45) is 0 Å². The van der Waals surface area contributed by atoms with Crippen LogP contribution in [0.2, 0.25) is 0 Å². The van der Waals surface area contributed by atoms with Crippen molar-refractivity contribution in [3.8, 4) is 0 Å². The Kier molecular flexibility index (Phi) is 6.35. The zero-order chi connectivity index (χ0) is 18.3. The van der Waals surface area contributed by atoms with Gasteiger partial charge in [-0.25, -0.2) is 13.2 Å². The molecular formula is C17H21N3O4S. The predicted octanol–water partition coefficient (Wildman–Crippen LogP) is 1.85. The first-order valence-corrected chi connectivity index (χ1v) is 9.76. The molecule has 1 heterocycles. The maximum atomic E-state index is 11.8. The molecule has 7 nitrogen and oxygen atoms in total. The van der Waals surface area contributed by atoms with Crippen LogP contribution in [0, 0.1) is 0 Å². The summed E-state index contributed by atoms with van der Waals surface area (Å²) >= 11 is 0. The lowest BCUT2D eigenvalue weighted by Gasteiger charge is -2.09. The Bertz CT molecular complexity index is 873. The summed E-state index contributed by atoms with van der Waals surface area (Å²) in [7, 11) is -3.25. The van der Waals surface area contributed by atoms with Crippen molar-refractivity contribution in [1.82, 2.24) is 9.88 Å². The van der Waals surface area contributed by atoms with Gasteiger partial charge in [0.15, 0.2) is 9.84 Å². The number of anilines is 1. The molecule has 134 valence electrons. The molecular weight excluding hydrogens is 342 g/mol. The molecule has 0 aliphatic rings. The fourth-order valence-electron chi connectivity index (χ4n) is 2.22. The molecule has 0 atom stereocenters. The van der Waals surface area contributed by atoms with Crippen molar-refractivity contribution < 1.29 is 13.2 Å². The van der Waals surface area contributed by atoms with Crippen molar-refractivity contribution in [3.63, 3.8) is 0 Å². The summed E-state index contributed by atoms with van der Waals surface area (Å²) in [6.07, 6.45) is 4.38. The van der Waals surface area contributed by atoms with E-state index in [-0.39, 0.29) is 16.5 Å². The number of rotatable bonds is 7. The topological polar surface area (TPSA) is 97.3 Å². The van der Waals surface area contributed by atoms with Crippen molar-refractivity contribution in [1.29, 1.82) is 0 Å². The smallest absolute Gasteiger partial charge is 0.319 e. The highest BCUT2D eigenvalue weighted by Gasteiger charge is 2.07. The standard InChI is InChI=1S/C17H21N3O4S/c1-25(23,24)15-9-7-14(8-10-15)19-17(22)18-11-3-5-13-20-12-4-2-6-16(20)21/h2,4,6-10,12H,3,5,11,13H2,1H3,(H2,18,19,22). The lowest BCUT2D eigenvalue weighted by atomic mass is 10.3. The molecule has 0 bridgehead atoms. The van der Waals surface area contributed by atoms with Crippen LogP contribution in [0.25, 0.3) is 0 Å². The van der Waals surface area contributed by atoms with Crippen LogP contribution in [0.4, 0.5) is 10.5 Å². The minimum Gasteiger partial charge on any atom is -0.338 e. The van der Waals surface area contributed by atoms with Gasteiger partial charge in [0.2, 0.25) is 5.56 Å². The number of nitrogens with zero attached hydrogens (tertiary/aromatic N) is 1. The average Bonchev–Trinajstić information content (AvgIpc) is 2.56. The second-order valence-corrected chi connectivity index (χ2v) is 7.63. The van der Waals surface area contributed by atoms with E-state index in [1.54, 1.807) is 16.8 Å². The summed E-state index contributed by atoms with van der Waals surface area (Å²) in [5, 5.41) is 5.36. The number of benzene rings is 1. The number of amides is 2. The van der Waals surface area contributed by atoms with Crippen LogP contribution >= 0.6 is 0 Å². The van der Waals surface area contributed by atoms with E-state index < -0.39 is 9.84 Å². The predicted molar refractivity (Wildman–Crippen MR) is 96.5 cm³/mol. The van der Waals surface area contributed by atoms with E-state index >= 15 is 0 Å². The van der Waals surface area contributed by atoms with Crippen LogP contribution in [0.1, 0.15) is 12.8 Å². The maximum Gasteiger partial charge on any atom is 0.319 e. The Balaban J connectivity index is 1.70. The Morgan fingerprint density at radius 3 is 2.44 bits per heavy atom. The van der Waals surface area contributed by atoms with Crippen LogP contribution in [0.5, 0.6) is 0 Å².